The highest BCUT2D eigenvalue weighted by molar-refractivity contribution is 5.86. The molecular formula is C17H27Cl3N6O. The van der Waals surface area contributed by atoms with Crippen molar-refractivity contribution < 1.29 is 0 Å². The summed E-state index contributed by atoms with van der Waals surface area (Å²) in [6, 6.07) is 2.29. The third-order valence-electron chi connectivity index (χ3n) is 5.15. The molecule has 4 heterocycles. The first-order chi connectivity index (χ1) is 11.7. The van der Waals surface area contributed by atoms with E-state index in [1.807, 2.05) is 10.8 Å². The minimum Gasteiger partial charge on any atom is -0.368 e. The zero-order valence-electron chi connectivity index (χ0n) is 15.3. The van der Waals surface area contributed by atoms with Crippen molar-refractivity contribution in [2.75, 3.05) is 51.2 Å². The number of nitrogens with zero attached hydrogens (tertiary/aromatic N) is 5. The zero-order valence-corrected chi connectivity index (χ0v) is 17.8. The van der Waals surface area contributed by atoms with Crippen molar-refractivity contribution in [1.82, 2.24) is 24.8 Å². The van der Waals surface area contributed by atoms with Gasteiger partial charge in [0.25, 0.3) is 5.56 Å². The molecule has 0 aliphatic carbocycles. The van der Waals surface area contributed by atoms with Crippen LogP contribution >= 0.6 is 37.2 Å². The highest BCUT2D eigenvalue weighted by Crippen LogP contribution is 2.23. The summed E-state index contributed by atoms with van der Waals surface area (Å²) in [4.78, 5) is 26.0. The minimum atomic E-state index is -0.0470. The molecule has 0 atom stereocenters. The van der Waals surface area contributed by atoms with Crippen LogP contribution < -0.4 is 15.8 Å². The maximum Gasteiger partial charge on any atom is 0.270 e. The van der Waals surface area contributed by atoms with Gasteiger partial charge in [0.1, 0.15) is 5.52 Å². The molecule has 2 saturated heterocycles. The average molecular weight is 438 g/mol. The Labute approximate surface area is 177 Å². The van der Waals surface area contributed by atoms with Gasteiger partial charge in [0.15, 0.2) is 5.65 Å². The molecule has 0 bridgehead atoms. The Balaban J connectivity index is 0.00000121. The fraction of sp³-hybridized carbons (Fsp3) is 0.588. The van der Waals surface area contributed by atoms with Crippen molar-refractivity contribution in [1.29, 1.82) is 0 Å². The SMILES string of the molecule is CN1CCN(c2cnc3c(c2)ncc(=O)n3C2CCNCC2)CC1.Cl.Cl.Cl. The van der Waals surface area contributed by atoms with Gasteiger partial charge >= 0.3 is 0 Å². The van der Waals surface area contributed by atoms with E-state index in [2.05, 4.69) is 38.2 Å². The van der Waals surface area contributed by atoms with Crippen LogP contribution in [0.1, 0.15) is 18.9 Å². The summed E-state index contributed by atoms with van der Waals surface area (Å²) in [5, 5.41) is 3.35. The standard InChI is InChI=1S/C17H24N6O.3ClH/c1-21-6-8-22(9-7-21)14-10-15-17(20-11-14)23(16(24)12-19-15)13-2-4-18-5-3-13;;;/h10-13,18H,2-9H2,1H3;3*1H. The maximum absolute atomic E-state index is 12.4. The Hall–Kier alpha value is -1.12. The van der Waals surface area contributed by atoms with E-state index in [4.69, 9.17) is 0 Å². The first kappa shape index (κ1) is 23.9. The van der Waals surface area contributed by atoms with Crippen LogP contribution in [0.4, 0.5) is 5.69 Å². The second-order valence-electron chi connectivity index (χ2n) is 6.77. The van der Waals surface area contributed by atoms with Gasteiger partial charge in [-0.1, -0.05) is 0 Å². The van der Waals surface area contributed by atoms with Gasteiger partial charge in [0, 0.05) is 32.2 Å². The lowest BCUT2D eigenvalue weighted by Crippen LogP contribution is -2.44. The van der Waals surface area contributed by atoms with Gasteiger partial charge in [0.2, 0.25) is 0 Å². The van der Waals surface area contributed by atoms with Crippen LogP contribution in [0.15, 0.2) is 23.3 Å². The summed E-state index contributed by atoms with van der Waals surface area (Å²) in [6.07, 6.45) is 5.26. The number of rotatable bonds is 2. The zero-order chi connectivity index (χ0) is 16.5. The summed E-state index contributed by atoms with van der Waals surface area (Å²) in [5.74, 6) is 0. The highest BCUT2D eigenvalue weighted by atomic mass is 35.5. The summed E-state index contributed by atoms with van der Waals surface area (Å²) < 4.78 is 1.84. The van der Waals surface area contributed by atoms with E-state index in [0.717, 1.165) is 63.3 Å². The van der Waals surface area contributed by atoms with Crippen LogP contribution in [0.2, 0.25) is 0 Å². The molecule has 0 aromatic carbocycles. The number of pyridine rings is 1. The number of fused-ring (bicyclic) bond motifs is 1. The molecule has 2 aliphatic heterocycles. The largest absolute Gasteiger partial charge is 0.368 e. The number of piperidine rings is 1. The van der Waals surface area contributed by atoms with E-state index in [1.54, 1.807) is 0 Å². The van der Waals surface area contributed by atoms with Crippen LogP contribution in [-0.2, 0) is 0 Å². The second kappa shape index (κ2) is 10.4. The molecule has 10 heteroatoms. The molecule has 4 rings (SSSR count). The van der Waals surface area contributed by atoms with Crippen LogP contribution in [0, 0.1) is 0 Å². The molecule has 0 unspecified atom stereocenters. The monoisotopic (exact) mass is 436 g/mol. The lowest BCUT2D eigenvalue weighted by Gasteiger charge is -2.34. The first-order valence-corrected chi connectivity index (χ1v) is 8.74. The fourth-order valence-corrected chi connectivity index (χ4v) is 3.66. The number of likely N-dealkylation sites (N-methyl/N-ethyl adjacent to an activating group) is 1. The molecule has 27 heavy (non-hydrogen) atoms. The minimum absolute atomic E-state index is 0. The average Bonchev–Trinajstić information content (AvgIpc) is 2.63. The van der Waals surface area contributed by atoms with Crippen LogP contribution in [0.25, 0.3) is 11.2 Å². The van der Waals surface area contributed by atoms with Gasteiger partial charge in [0.05, 0.1) is 18.1 Å². The van der Waals surface area contributed by atoms with E-state index >= 15 is 0 Å². The Morgan fingerprint density at radius 1 is 1.00 bits per heavy atom. The topological polar surface area (TPSA) is 66.3 Å². The Bertz CT molecular complexity index is 788. The van der Waals surface area contributed by atoms with Gasteiger partial charge in [-0.25, -0.2) is 9.97 Å². The Morgan fingerprint density at radius 2 is 1.67 bits per heavy atom. The number of nitrogens with one attached hydrogen (secondary N) is 1. The molecule has 0 saturated carbocycles. The van der Waals surface area contributed by atoms with E-state index in [1.165, 1.54) is 6.20 Å². The summed E-state index contributed by atoms with van der Waals surface area (Å²) in [7, 11) is 2.15. The fourth-order valence-electron chi connectivity index (χ4n) is 3.66. The smallest absolute Gasteiger partial charge is 0.270 e. The predicted molar refractivity (Wildman–Crippen MR) is 116 cm³/mol. The van der Waals surface area contributed by atoms with E-state index in [9.17, 15) is 4.79 Å². The third-order valence-corrected chi connectivity index (χ3v) is 5.15. The molecule has 0 spiro atoms. The van der Waals surface area contributed by atoms with E-state index in [0.29, 0.717) is 5.65 Å². The molecule has 2 aromatic heterocycles. The Morgan fingerprint density at radius 3 is 2.33 bits per heavy atom. The first-order valence-electron chi connectivity index (χ1n) is 8.74. The van der Waals surface area contributed by atoms with Crippen molar-refractivity contribution in [2.24, 2.45) is 0 Å². The summed E-state index contributed by atoms with van der Waals surface area (Å²) in [6.45, 7) is 6.00. The van der Waals surface area contributed by atoms with Crippen molar-refractivity contribution in [2.45, 2.75) is 18.9 Å². The lowest BCUT2D eigenvalue weighted by atomic mass is 10.1. The third kappa shape index (κ3) is 5.03. The van der Waals surface area contributed by atoms with Crippen molar-refractivity contribution in [3.05, 3.63) is 28.8 Å². The number of hydrogen-bond acceptors (Lipinski definition) is 6. The van der Waals surface area contributed by atoms with E-state index < -0.39 is 0 Å². The highest BCUT2D eigenvalue weighted by Gasteiger charge is 2.20. The maximum atomic E-state index is 12.4. The molecule has 2 aromatic rings. The molecule has 2 aliphatic rings. The molecule has 1 N–H and O–H groups in total. The summed E-state index contributed by atoms with van der Waals surface area (Å²) in [5.41, 5.74) is 2.57. The van der Waals surface area contributed by atoms with Crippen LogP contribution in [0.3, 0.4) is 0 Å². The van der Waals surface area contributed by atoms with Crippen LogP contribution in [0.5, 0.6) is 0 Å². The molecule has 0 radical (unpaired) electrons. The normalized spacial score (nSPS) is 18.3. The van der Waals surface area contributed by atoms with Crippen LogP contribution in [-0.4, -0.2) is 65.8 Å². The molecule has 2 fully saturated rings. The number of hydrogen-bond donors (Lipinski definition) is 1. The second-order valence-corrected chi connectivity index (χ2v) is 6.77. The number of anilines is 1. The number of piperazine rings is 1. The van der Waals surface area contributed by atoms with Crippen molar-refractivity contribution in [3.63, 3.8) is 0 Å². The Kier molecular flexibility index (Phi) is 9.24. The lowest BCUT2D eigenvalue weighted by molar-refractivity contribution is 0.313. The predicted octanol–water partition coefficient (Wildman–Crippen LogP) is 1.73. The number of aromatic nitrogens is 3. The van der Waals surface area contributed by atoms with Gasteiger partial charge < -0.3 is 15.1 Å². The van der Waals surface area contributed by atoms with E-state index in [-0.39, 0.29) is 48.8 Å². The van der Waals surface area contributed by atoms with Crippen molar-refractivity contribution >= 4 is 54.1 Å². The number of halogens is 3. The quantitative estimate of drug-likeness (QED) is 0.772. The molecule has 0 amide bonds. The summed E-state index contributed by atoms with van der Waals surface area (Å²) >= 11 is 0. The van der Waals surface area contributed by atoms with Gasteiger partial charge in [-0.2, -0.15) is 0 Å². The van der Waals surface area contributed by atoms with Gasteiger partial charge in [-0.15, -0.1) is 37.2 Å². The molecule has 152 valence electrons. The molecule has 7 nitrogen and oxygen atoms in total. The van der Waals surface area contributed by atoms with Gasteiger partial charge in [-0.05, 0) is 39.0 Å². The van der Waals surface area contributed by atoms with Gasteiger partial charge in [-0.3, -0.25) is 9.36 Å². The molecular weight excluding hydrogens is 411 g/mol. The van der Waals surface area contributed by atoms with Crippen molar-refractivity contribution in [3.8, 4) is 0 Å².